The maximum Gasteiger partial charge on any atom is 0.231 e. The molecule has 0 aromatic heterocycles. The summed E-state index contributed by atoms with van der Waals surface area (Å²) in [6.45, 7) is 4.91. The Hall–Kier alpha value is -1.26. The topological polar surface area (TPSA) is 33.7 Å². The maximum absolute atomic E-state index is 5.47. The predicted octanol–water partition coefficient (Wildman–Crippen LogP) is 2.16. The molecule has 1 saturated heterocycles. The second-order valence-corrected chi connectivity index (χ2v) is 5.41. The summed E-state index contributed by atoms with van der Waals surface area (Å²) in [7, 11) is 2.05. The van der Waals surface area contributed by atoms with E-state index in [1.807, 2.05) is 6.07 Å². The minimum atomic E-state index is 0.346. The summed E-state index contributed by atoms with van der Waals surface area (Å²) in [6, 6.07) is 7.33. The molecule has 0 amide bonds. The van der Waals surface area contributed by atoms with E-state index in [0.717, 1.165) is 18.0 Å². The fourth-order valence-corrected chi connectivity index (χ4v) is 2.98. The van der Waals surface area contributed by atoms with Crippen molar-refractivity contribution in [3.05, 3.63) is 23.8 Å². The first kappa shape index (κ1) is 12.8. The van der Waals surface area contributed by atoms with E-state index in [4.69, 9.17) is 9.47 Å². The van der Waals surface area contributed by atoms with Gasteiger partial charge in [-0.2, -0.15) is 0 Å². The van der Waals surface area contributed by atoms with E-state index in [0.29, 0.717) is 18.9 Å². The van der Waals surface area contributed by atoms with Crippen LogP contribution in [-0.4, -0.2) is 37.9 Å². The van der Waals surface area contributed by atoms with E-state index in [1.54, 1.807) is 0 Å². The summed E-state index contributed by atoms with van der Waals surface area (Å²) in [5.41, 5.74) is 1.31. The first-order valence-corrected chi connectivity index (χ1v) is 7.09. The molecule has 0 spiro atoms. The van der Waals surface area contributed by atoms with Gasteiger partial charge in [-0.05, 0) is 51.1 Å². The number of likely N-dealkylation sites (tertiary alicyclic amines) is 1. The van der Waals surface area contributed by atoms with Crippen LogP contribution >= 0.6 is 0 Å². The van der Waals surface area contributed by atoms with Crippen LogP contribution in [0, 0.1) is 0 Å². The number of benzene rings is 1. The molecule has 2 unspecified atom stereocenters. The number of fused-ring (bicyclic) bond motifs is 1. The Morgan fingerprint density at radius 3 is 3.00 bits per heavy atom. The molecule has 2 heterocycles. The summed E-state index contributed by atoms with van der Waals surface area (Å²) >= 11 is 0. The van der Waals surface area contributed by atoms with E-state index in [9.17, 15) is 0 Å². The fraction of sp³-hybridized carbons (Fsp3) is 0.600. The molecule has 0 bridgehead atoms. The standard InChI is InChI=1S/C15H22N2O2/c1-11(17-7-3-4-13(9-17)16-2)12-5-6-14-15(8-12)19-10-18-14/h5-6,8,11,13,16H,3-4,7,9-10H2,1-2H3. The molecule has 3 rings (SSSR count). The first-order chi connectivity index (χ1) is 9.28. The average molecular weight is 262 g/mol. The highest BCUT2D eigenvalue weighted by Gasteiger charge is 2.24. The summed E-state index contributed by atoms with van der Waals surface area (Å²) in [5, 5.41) is 3.40. The van der Waals surface area contributed by atoms with Gasteiger partial charge in [-0.25, -0.2) is 0 Å². The van der Waals surface area contributed by atoms with Crippen LogP contribution in [0.3, 0.4) is 0 Å². The van der Waals surface area contributed by atoms with Gasteiger partial charge in [-0.15, -0.1) is 0 Å². The predicted molar refractivity (Wildman–Crippen MR) is 74.6 cm³/mol. The Morgan fingerprint density at radius 1 is 1.32 bits per heavy atom. The van der Waals surface area contributed by atoms with E-state index in [-0.39, 0.29) is 0 Å². The van der Waals surface area contributed by atoms with Crippen LogP contribution in [-0.2, 0) is 0 Å². The van der Waals surface area contributed by atoms with Gasteiger partial charge in [0.25, 0.3) is 0 Å². The van der Waals surface area contributed by atoms with Gasteiger partial charge in [0, 0.05) is 18.6 Å². The van der Waals surface area contributed by atoms with Crippen molar-refractivity contribution in [3.8, 4) is 11.5 Å². The molecule has 0 aliphatic carbocycles. The van der Waals surface area contributed by atoms with E-state index >= 15 is 0 Å². The zero-order valence-corrected chi connectivity index (χ0v) is 11.7. The van der Waals surface area contributed by atoms with Crippen LogP contribution in [0.4, 0.5) is 0 Å². The number of ether oxygens (including phenoxy) is 2. The lowest BCUT2D eigenvalue weighted by Gasteiger charge is -2.37. The Morgan fingerprint density at radius 2 is 2.16 bits per heavy atom. The summed E-state index contributed by atoms with van der Waals surface area (Å²) in [6.07, 6.45) is 2.54. The van der Waals surface area contributed by atoms with Crippen molar-refractivity contribution >= 4 is 0 Å². The molecule has 1 aromatic rings. The molecule has 1 N–H and O–H groups in total. The summed E-state index contributed by atoms with van der Waals surface area (Å²) < 4.78 is 10.8. The molecule has 19 heavy (non-hydrogen) atoms. The average Bonchev–Trinajstić information content (AvgIpc) is 2.94. The van der Waals surface area contributed by atoms with Gasteiger partial charge in [0.05, 0.1) is 0 Å². The van der Waals surface area contributed by atoms with Crippen molar-refractivity contribution in [3.63, 3.8) is 0 Å². The molecule has 0 saturated carbocycles. The number of hydrogen-bond donors (Lipinski definition) is 1. The van der Waals surface area contributed by atoms with Crippen LogP contribution in [0.5, 0.6) is 11.5 Å². The minimum absolute atomic E-state index is 0.346. The summed E-state index contributed by atoms with van der Waals surface area (Å²) in [5.74, 6) is 1.74. The fourth-order valence-electron chi connectivity index (χ4n) is 2.98. The highest BCUT2D eigenvalue weighted by molar-refractivity contribution is 5.45. The van der Waals surface area contributed by atoms with Crippen molar-refractivity contribution in [1.82, 2.24) is 10.2 Å². The van der Waals surface area contributed by atoms with Crippen LogP contribution in [0.15, 0.2) is 18.2 Å². The molecule has 4 nitrogen and oxygen atoms in total. The highest BCUT2D eigenvalue weighted by atomic mass is 16.7. The Bertz CT molecular complexity index is 450. The largest absolute Gasteiger partial charge is 0.454 e. The molecular weight excluding hydrogens is 240 g/mol. The highest BCUT2D eigenvalue weighted by Crippen LogP contribution is 2.35. The number of rotatable bonds is 3. The lowest BCUT2D eigenvalue weighted by Crippen LogP contribution is -2.45. The zero-order chi connectivity index (χ0) is 13.2. The maximum atomic E-state index is 5.47. The van der Waals surface area contributed by atoms with Crippen LogP contribution in [0.1, 0.15) is 31.4 Å². The Balaban J connectivity index is 1.74. The smallest absolute Gasteiger partial charge is 0.231 e. The lowest BCUT2D eigenvalue weighted by molar-refractivity contribution is 0.149. The van der Waals surface area contributed by atoms with E-state index in [1.165, 1.54) is 24.9 Å². The van der Waals surface area contributed by atoms with Gasteiger partial charge < -0.3 is 14.8 Å². The van der Waals surface area contributed by atoms with E-state index in [2.05, 4.69) is 36.3 Å². The normalized spacial score (nSPS) is 24.4. The third-order valence-corrected chi connectivity index (χ3v) is 4.29. The molecule has 0 radical (unpaired) electrons. The van der Waals surface area contributed by atoms with Gasteiger partial charge in [-0.3, -0.25) is 4.90 Å². The SMILES string of the molecule is CNC1CCCN(C(C)c2ccc3c(c2)OCO3)C1. The number of piperidine rings is 1. The molecular formula is C15H22N2O2. The summed E-state index contributed by atoms with van der Waals surface area (Å²) in [4.78, 5) is 2.54. The molecule has 4 heteroatoms. The van der Waals surface area contributed by atoms with Crippen LogP contribution < -0.4 is 14.8 Å². The molecule has 1 fully saturated rings. The second-order valence-electron chi connectivity index (χ2n) is 5.41. The third-order valence-electron chi connectivity index (χ3n) is 4.29. The van der Waals surface area contributed by atoms with Gasteiger partial charge in [0.2, 0.25) is 6.79 Å². The van der Waals surface area contributed by atoms with Gasteiger partial charge in [0.15, 0.2) is 11.5 Å². The second kappa shape index (κ2) is 5.39. The quantitative estimate of drug-likeness (QED) is 0.905. The van der Waals surface area contributed by atoms with Crippen molar-refractivity contribution in [2.24, 2.45) is 0 Å². The molecule has 104 valence electrons. The number of nitrogens with one attached hydrogen (secondary N) is 1. The minimum Gasteiger partial charge on any atom is -0.454 e. The van der Waals surface area contributed by atoms with E-state index < -0.39 is 0 Å². The van der Waals surface area contributed by atoms with Crippen LogP contribution in [0.25, 0.3) is 0 Å². The number of hydrogen-bond acceptors (Lipinski definition) is 4. The van der Waals surface area contributed by atoms with Gasteiger partial charge in [0.1, 0.15) is 0 Å². The monoisotopic (exact) mass is 262 g/mol. The molecule has 2 atom stereocenters. The molecule has 1 aromatic carbocycles. The van der Waals surface area contributed by atoms with Crippen molar-refractivity contribution < 1.29 is 9.47 Å². The van der Waals surface area contributed by atoms with Crippen molar-refractivity contribution in [2.45, 2.75) is 31.8 Å². The first-order valence-electron chi connectivity index (χ1n) is 7.09. The van der Waals surface area contributed by atoms with Crippen LogP contribution in [0.2, 0.25) is 0 Å². The molecule has 2 aliphatic heterocycles. The van der Waals surface area contributed by atoms with Gasteiger partial charge in [-0.1, -0.05) is 6.07 Å². The number of nitrogens with zero attached hydrogens (tertiary/aromatic N) is 1. The van der Waals surface area contributed by atoms with Gasteiger partial charge >= 0.3 is 0 Å². The Kier molecular flexibility index (Phi) is 3.62. The number of likely N-dealkylation sites (N-methyl/N-ethyl adjacent to an activating group) is 1. The molecule has 2 aliphatic rings. The van der Waals surface area contributed by atoms with Crippen molar-refractivity contribution in [1.29, 1.82) is 0 Å². The third kappa shape index (κ3) is 2.55. The lowest BCUT2D eigenvalue weighted by atomic mass is 10.0. The zero-order valence-electron chi connectivity index (χ0n) is 11.7. The van der Waals surface area contributed by atoms with Crippen molar-refractivity contribution in [2.75, 3.05) is 26.9 Å². The Labute approximate surface area is 114 Å².